The Morgan fingerprint density at radius 3 is 2.06 bits per heavy atom. The van der Waals surface area contributed by atoms with Crippen LogP contribution in [0.1, 0.15) is 118 Å². The minimum absolute atomic E-state index is 0.356. The van der Waals surface area contributed by atoms with Crippen LogP contribution in [-0.2, 0) is 0 Å². The lowest BCUT2D eigenvalue weighted by atomic mass is 9.68. The number of hydrogen-bond donors (Lipinski definition) is 0. The highest BCUT2D eigenvalue weighted by Crippen LogP contribution is 2.44. The summed E-state index contributed by atoms with van der Waals surface area (Å²) in [5, 5.41) is 8.89. The summed E-state index contributed by atoms with van der Waals surface area (Å²) in [6.07, 6.45) is 18.2. The van der Waals surface area contributed by atoms with Gasteiger partial charge in [0.25, 0.3) is 0 Å². The molecule has 0 spiro atoms. The van der Waals surface area contributed by atoms with Crippen LogP contribution in [0, 0.1) is 29.1 Å². The third kappa shape index (κ3) is 7.20. The van der Waals surface area contributed by atoms with Crippen molar-refractivity contribution in [1.29, 1.82) is 5.26 Å². The second-order valence-electron chi connectivity index (χ2n) is 10.9. The van der Waals surface area contributed by atoms with Gasteiger partial charge >= 0.3 is 5.97 Å². The van der Waals surface area contributed by atoms with E-state index in [0.717, 1.165) is 17.8 Å². The van der Waals surface area contributed by atoms with Crippen molar-refractivity contribution >= 4 is 5.97 Å². The molecular formula is C32H41NO2. The van der Waals surface area contributed by atoms with Crippen LogP contribution in [0.15, 0.2) is 48.5 Å². The Balaban J connectivity index is 1.20. The Kier molecular flexibility index (Phi) is 9.41. The predicted molar refractivity (Wildman–Crippen MR) is 141 cm³/mol. The van der Waals surface area contributed by atoms with Crippen LogP contribution >= 0.6 is 0 Å². The van der Waals surface area contributed by atoms with Gasteiger partial charge in [0.2, 0.25) is 0 Å². The smallest absolute Gasteiger partial charge is 0.343 e. The molecule has 2 aliphatic carbocycles. The minimum atomic E-state index is -0.356. The van der Waals surface area contributed by atoms with Crippen molar-refractivity contribution in [3.05, 3.63) is 65.2 Å². The summed E-state index contributed by atoms with van der Waals surface area (Å²) in [5.74, 6) is 3.61. The summed E-state index contributed by atoms with van der Waals surface area (Å²) < 4.78 is 5.46. The molecule has 3 heteroatoms. The van der Waals surface area contributed by atoms with Crippen LogP contribution in [0.5, 0.6) is 5.75 Å². The molecule has 35 heavy (non-hydrogen) atoms. The first-order chi connectivity index (χ1) is 17.2. The maximum Gasteiger partial charge on any atom is 0.343 e. The maximum atomic E-state index is 12.5. The molecule has 0 amide bonds. The zero-order chi connectivity index (χ0) is 24.5. The monoisotopic (exact) mass is 471 g/mol. The van der Waals surface area contributed by atoms with Gasteiger partial charge in [-0.15, -0.1) is 0 Å². The zero-order valence-corrected chi connectivity index (χ0v) is 21.4. The first-order valence-corrected chi connectivity index (χ1v) is 14.0. The van der Waals surface area contributed by atoms with Crippen molar-refractivity contribution in [3.8, 4) is 11.8 Å². The van der Waals surface area contributed by atoms with Crippen molar-refractivity contribution in [3.63, 3.8) is 0 Å². The summed E-state index contributed by atoms with van der Waals surface area (Å²) in [6, 6.07) is 16.7. The van der Waals surface area contributed by atoms with Gasteiger partial charge in [0.1, 0.15) is 5.75 Å². The number of esters is 1. The third-order valence-corrected chi connectivity index (χ3v) is 8.61. The highest BCUT2D eigenvalue weighted by atomic mass is 16.5. The minimum Gasteiger partial charge on any atom is -0.423 e. The van der Waals surface area contributed by atoms with Crippen LogP contribution in [0.4, 0.5) is 0 Å². The van der Waals surface area contributed by atoms with Gasteiger partial charge in [-0.1, -0.05) is 64.0 Å². The summed E-state index contributed by atoms with van der Waals surface area (Å²) in [4.78, 5) is 12.5. The SMILES string of the molecule is CCCCCCC1CCC(C2CCC(c3ccc(C(=O)Oc4ccc(C#N)cc4)cc3)CC2)CC1. The van der Waals surface area contributed by atoms with Crippen LogP contribution in [0.25, 0.3) is 0 Å². The van der Waals surface area contributed by atoms with E-state index < -0.39 is 0 Å². The van der Waals surface area contributed by atoms with E-state index in [2.05, 4.69) is 25.1 Å². The van der Waals surface area contributed by atoms with Crippen molar-refractivity contribution < 1.29 is 9.53 Å². The van der Waals surface area contributed by atoms with Gasteiger partial charge in [-0.05, 0) is 104 Å². The molecule has 3 nitrogen and oxygen atoms in total. The van der Waals surface area contributed by atoms with Gasteiger partial charge in [0, 0.05) is 0 Å². The molecule has 0 aromatic heterocycles. The molecule has 0 heterocycles. The molecule has 0 aliphatic heterocycles. The van der Waals surface area contributed by atoms with Gasteiger partial charge in [0.15, 0.2) is 0 Å². The summed E-state index contributed by atoms with van der Waals surface area (Å²) in [7, 11) is 0. The number of benzene rings is 2. The van der Waals surface area contributed by atoms with Crippen molar-refractivity contribution in [1.82, 2.24) is 0 Å². The third-order valence-electron chi connectivity index (χ3n) is 8.61. The number of rotatable bonds is 9. The Morgan fingerprint density at radius 1 is 0.829 bits per heavy atom. The number of carbonyl (C=O) groups excluding carboxylic acids is 1. The van der Waals surface area contributed by atoms with E-state index in [1.165, 1.54) is 89.0 Å². The van der Waals surface area contributed by atoms with Gasteiger partial charge < -0.3 is 4.74 Å². The molecular weight excluding hydrogens is 430 g/mol. The first-order valence-electron chi connectivity index (χ1n) is 14.0. The molecule has 0 bridgehead atoms. The van der Waals surface area contributed by atoms with Crippen molar-refractivity contribution in [2.75, 3.05) is 0 Å². The Morgan fingerprint density at radius 2 is 1.46 bits per heavy atom. The Bertz CT molecular complexity index is 956. The number of ether oxygens (including phenoxy) is 1. The van der Waals surface area contributed by atoms with E-state index in [1.54, 1.807) is 24.3 Å². The van der Waals surface area contributed by atoms with E-state index in [-0.39, 0.29) is 5.97 Å². The van der Waals surface area contributed by atoms with Crippen LogP contribution in [0.3, 0.4) is 0 Å². The van der Waals surface area contributed by atoms with E-state index in [1.807, 2.05) is 12.1 Å². The number of hydrogen-bond acceptors (Lipinski definition) is 3. The maximum absolute atomic E-state index is 12.5. The highest BCUT2D eigenvalue weighted by Gasteiger charge is 2.31. The van der Waals surface area contributed by atoms with E-state index in [9.17, 15) is 4.79 Å². The molecule has 2 aromatic carbocycles. The number of carbonyl (C=O) groups is 1. The lowest BCUT2D eigenvalue weighted by Gasteiger charge is -2.38. The fraction of sp³-hybridized carbons (Fsp3) is 0.562. The van der Waals surface area contributed by atoms with Gasteiger partial charge in [-0.3, -0.25) is 0 Å². The van der Waals surface area contributed by atoms with Crippen molar-refractivity contribution in [2.45, 2.75) is 96.3 Å². The molecule has 186 valence electrons. The van der Waals surface area contributed by atoms with Gasteiger partial charge in [0.05, 0.1) is 17.2 Å². The standard InChI is InChI=1S/C32H41NO2/c1-2-3-4-5-6-24-7-11-26(12-8-24)27-13-15-28(16-14-27)29-17-19-30(20-18-29)32(34)35-31-21-9-25(23-33)10-22-31/h9-10,17-22,24,26-28H,2-8,11-16H2,1H3. The molecule has 2 aromatic rings. The van der Waals surface area contributed by atoms with E-state index >= 15 is 0 Å². The molecule has 2 fully saturated rings. The summed E-state index contributed by atoms with van der Waals surface area (Å²) in [5.41, 5.74) is 2.47. The molecule has 0 N–H and O–H groups in total. The largest absolute Gasteiger partial charge is 0.423 e. The Hall–Kier alpha value is -2.60. The number of nitrogens with zero attached hydrogens (tertiary/aromatic N) is 1. The van der Waals surface area contributed by atoms with E-state index in [4.69, 9.17) is 10.00 Å². The quantitative estimate of drug-likeness (QED) is 0.208. The average molecular weight is 472 g/mol. The van der Waals surface area contributed by atoms with Crippen molar-refractivity contribution in [2.24, 2.45) is 17.8 Å². The highest BCUT2D eigenvalue weighted by molar-refractivity contribution is 5.91. The second-order valence-corrected chi connectivity index (χ2v) is 10.9. The zero-order valence-electron chi connectivity index (χ0n) is 21.4. The molecule has 2 saturated carbocycles. The fourth-order valence-corrected chi connectivity index (χ4v) is 6.39. The van der Waals surface area contributed by atoms with Crippen LogP contribution in [0.2, 0.25) is 0 Å². The Labute approximate surface area is 211 Å². The molecule has 4 rings (SSSR count). The van der Waals surface area contributed by atoms with E-state index in [0.29, 0.717) is 22.8 Å². The lowest BCUT2D eigenvalue weighted by Crippen LogP contribution is -2.25. The molecule has 2 aliphatic rings. The van der Waals surface area contributed by atoms with Gasteiger partial charge in [-0.2, -0.15) is 5.26 Å². The topological polar surface area (TPSA) is 50.1 Å². The normalized spacial score (nSPS) is 24.5. The van der Waals surface area contributed by atoms with Crippen LogP contribution in [-0.4, -0.2) is 5.97 Å². The fourth-order valence-electron chi connectivity index (χ4n) is 6.39. The predicted octanol–water partition coefficient (Wildman–Crippen LogP) is 8.83. The number of nitriles is 1. The molecule has 0 unspecified atom stereocenters. The molecule has 0 saturated heterocycles. The first kappa shape index (κ1) is 25.5. The molecule has 0 radical (unpaired) electrons. The summed E-state index contributed by atoms with van der Waals surface area (Å²) in [6.45, 7) is 2.30. The second kappa shape index (κ2) is 12.9. The lowest BCUT2D eigenvalue weighted by molar-refractivity contribution is 0.0734. The van der Waals surface area contributed by atoms with Gasteiger partial charge in [-0.25, -0.2) is 4.79 Å². The van der Waals surface area contributed by atoms with Crippen LogP contribution < -0.4 is 4.74 Å². The number of unbranched alkanes of at least 4 members (excludes halogenated alkanes) is 3. The summed E-state index contributed by atoms with van der Waals surface area (Å²) >= 11 is 0. The average Bonchev–Trinajstić information content (AvgIpc) is 2.92. The molecule has 0 atom stereocenters.